The predicted octanol–water partition coefficient (Wildman–Crippen LogP) is 7.75. The summed E-state index contributed by atoms with van der Waals surface area (Å²) in [5.41, 5.74) is 5.10. The van der Waals surface area contributed by atoms with Crippen molar-refractivity contribution in [1.82, 2.24) is 0 Å². The first kappa shape index (κ1) is 22.1. The predicted molar refractivity (Wildman–Crippen MR) is 126 cm³/mol. The van der Waals surface area contributed by atoms with E-state index in [9.17, 15) is 0 Å². The lowest BCUT2D eigenvalue weighted by atomic mass is 10.1. The summed E-state index contributed by atoms with van der Waals surface area (Å²) in [6, 6.07) is 41.6. The summed E-state index contributed by atoms with van der Waals surface area (Å²) in [5.74, 6) is 0. The average Bonchev–Trinajstić information content (AvgIpc) is 2.83. The first-order valence-corrected chi connectivity index (χ1v) is 10.1. The van der Waals surface area contributed by atoms with E-state index >= 15 is 0 Å². The molecule has 4 rings (SSSR count). The highest BCUT2D eigenvalue weighted by Gasteiger charge is 1.92. The second kappa shape index (κ2) is 13.9. The third kappa shape index (κ3) is 8.59. The van der Waals surface area contributed by atoms with Gasteiger partial charge in [0.15, 0.2) is 0 Å². The number of rotatable bonds is 4. The van der Waals surface area contributed by atoms with Crippen LogP contribution in [0.5, 0.6) is 0 Å². The summed E-state index contributed by atoms with van der Waals surface area (Å²) in [7, 11) is 0. The van der Waals surface area contributed by atoms with Gasteiger partial charge in [0.2, 0.25) is 0 Å². The molecule has 0 spiro atoms. The topological polar surface area (TPSA) is 9.23 Å². The Morgan fingerprint density at radius 2 is 0.586 bits per heavy atom. The molecule has 148 valence electrons. The van der Waals surface area contributed by atoms with Crippen LogP contribution in [-0.4, -0.2) is 13.2 Å². The molecular weight excluding hydrogens is 352 g/mol. The van der Waals surface area contributed by atoms with Crippen molar-refractivity contribution < 1.29 is 4.74 Å². The maximum absolute atomic E-state index is 4.83. The van der Waals surface area contributed by atoms with Crippen molar-refractivity contribution in [2.45, 2.75) is 13.8 Å². The molecular formula is C28H30O. The van der Waals surface area contributed by atoms with Crippen molar-refractivity contribution in [3.05, 3.63) is 121 Å². The van der Waals surface area contributed by atoms with Gasteiger partial charge in [-0.1, -0.05) is 121 Å². The van der Waals surface area contributed by atoms with Crippen molar-refractivity contribution in [2.75, 3.05) is 13.2 Å². The Labute approximate surface area is 175 Å². The Bertz CT molecular complexity index is 720. The lowest BCUT2D eigenvalue weighted by molar-refractivity contribution is 0.162. The van der Waals surface area contributed by atoms with Gasteiger partial charge >= 0.3 is 0 Å². The van der Waals surface area contributed by atoms with E-state index in [1.165, 1.54) is 22.3 Å². The van der Waals surface area contributed by atoms with Crippen LogP contribution in [-0.2, 0) is 4.74 Å². The molecule has 0 N–H and O–H groups in total. The van der Waals surface area contributed by atoms with Crippen LogP contribution in [0.4, 0.5) is 0 Å². The fourth-order valence-corrected chi connectivity index (χ4v) is 2.73. The van der Waals surface area contributed by atoms with Gasteiger partial charge in [0.25, 0.3) is 0 Å². The highest BCUT2D eigenvalue weighted by atomic mass is 16.5. The Kier molecular flexibility index (Phi) is 10.6. The van der Waals surface area contributed by atoms with Crippen LogP contribution in [0.25, 0.3) is 22.3 Å². The number of ether oxygens (including phenoxy) is 1. The quantitative estimate of drug-likeness (QED) is 0.350. The van der Waals surface area contributed by atoms with Gasteiger partial charge in [0.1, 0.15) is 0 Å². The number of benzene rings is 4. The van der Waals surface area contributed by atoms with E-state index in [0.29, 0.717) is 0 Å². The Hall–Kier alpha value is -3.16. The lowest BCUT2D eigenvalue weighted by Gasteiger charge is -1.98. The van der Waals surface area contributed by atoms with Crippen LogP contribution in [0.3, 0.4) is 0 Å². The summed E-state index contributed by atoms with van der Waals surface area (Å²) < 4.78 is 4.83. The van der Waals surface area contributed by atoms with Gasteiger partial charge in [0, 0.05) is 13.2 Å². The highest BCUT2D eigenvalue weighted by molar-refractivity contribution is 5.63. The smallest absolute Gasteiger partial charge is 0.0437 e. The molecule has 29 heavy (non-hydrogen) atoms. The summed E-state index contributed by atoms with van der Waals surface area (Å²) in [6.45, 7) is 5.67. The van der Waals surface area contributed by atoms with Gasteiger partial charge in [-0.05, 0) is 36.1 Å². The summed E-state index contributed by atoms with van der Waals surface area (Å²) in [4.78, 5) is 0. The molecule has 0 radical (unpaired) electrons. The maximum atomic E-state index is 4.83. The van der Waals surface area contributed by atoms with Crippen molar-refractivity contribution >= 4 is 0 Å². The Morgan fingerprint density at radius 1 is 0.379 bits per heavy atom. The summed E-state index contributed by atoms with van der Waals surface area (Å²) >= 11 is 0. The molecule has 0 fully saturated rings. The first-order valence-electron chi connectivity index (χ1n) is 10.1. The third-order valence-corrected chi connectivity index (χ3v) is 4.17. The molecule has 0 aliphatic rings. The molecule has 0 unspecified atom stereocenters. The van der Waals surface area contributed by atoms with Gasteiger partial charge in [-0.3, -0.25) is 0 Å². The molecule has 1 heteroatoms. The second-order valence-corrected chi connectivity index (χ2v) is 6.25. The van der Waals surface area contributed by atoms with Crippen molar-refractivity contribution in [1.29, 1.82) is 0 Å². The first-order chi connectivity index (χ1) is 14.3. The molecule has 0 atom stereocenters. The van der Waals surface area contributed by atoms with Gasteiger partial charge in [-0.15, -0.1) is 0 Å². The number of hydrogen-bond acceptors (Lipinski definition) is 1. The molecule has 0 aliphatic heterocycles. The molecule has 0 heterocycles. The second-order valence-electron chi connectivity index (χ2n) is 6.25. The SMILES string of the molecule is CCOCC.c1ccc(-c2ccccc2)cc1.c1ccc(-c2ccccc2)cc1. The Balaban J connectivity index is 0.000000170. The van der Waals surface area contributed by atoms with Crippen molar-refractivity contribution in [3.8, 4) is 22.3 Å². The molecule has 0 saturated heterocycles. The van der Waals surface area contributed by atoms with Gasteiger partial charge in [-0.25, -0.2) is 0 Å². The average molecular weight is 383 g/mol. The normalized spacial score (nSPS) is 9.45. The lowest BCUT2D eigenvalue weighted by Crippen LogP contribution is -1.84. The van der Waals surface area contributed by atoms with Crippen molar-refractivity contribution in [3.63, 3.8) is 0 Å². The molecule has 4 aromatic rings. The van der Waals surface area contributed by atoms with E-state index in [0.717, 1.165) is 13.2 Å². The molecule has 0 saturated carbocycles. The standard InChI is InChI=1S/2C12H10.C4H10O/c2*1-3-7-11(8-4-1)12-9-5-2-6-10-12;1-3-5-4-2/h2*1-10H;3-4H2,1-2H3. The van der Waals surface area contributed by atoms with Crippen molar-refractivity contribution in [2.24, 2.45) is 0 Å². The van der Waals surface area contributed by atoms with Crippen LogP contribution in [0.15, 0.2) is 121 Å². The number of hydrogen-bond donors (Lipinski definition) is 0. The largest absolute Gasteiger partial charge is 0.382 e. The van der Waals surface area contributed by atoms with E-state index in [2.05, 4.69) is 97.1 Å². The fourth-order valence-electron chi connectivity index (χ4n) is 2.73. The van der Waals surface area contributed by atoms with Gasteiger partial charge in [-0.2, -0.15) is 0 Å². The highest BCUT2D eigenvalue weighted by Crippen LogP contribution is 2.18. The van der Waals surface area contributed by atoms with Crippen LogP contribution in [0.1, 0.15) is 13.8 Å². The minimum Gasteiger partial charge on any atom is -0.382 e. The van der Waals surface area contributed by atoms with E-state index in [4.69, 9.17) is 4.74 Å². The molecule has 0 aliphatic carbocycles. The molecule has 0 bridgehead atoms. The van der Waals surface area contributed by atoms with E-state index < -0.39 is 0 Å². The van der Waals surface area contributed by atoms with Crippen LogP contribution < -0.4 is 0 Å². The summed E-state index contributed by atoms with van der Waals surface area (Å²) in [5, 5.41) is 0. The maximum Gasteiger partial charge on any atom is 0.0437 e. The zero-order chi connectivity index (χ0) is 20.6. The minimum absolute atomic E-state index is 0.844. The zero-order valence-corrected chi connectivity index (χ0v) is 17.4. The van der Waals surface area contributed by atoms with Crippen LogP contribution in [0, 0.1) is 0 Å². The van der Waals surface area contributed by atoms with Crippen LogP contribution in [0.2, 0.25) is 0 Å². The summed E-state index contributed by atoms with van der Waals surface area (Å²) in [6.07, 6.45) is 0. The monoisotopic (exact) mass is 382 g/mol. The Morgan fingerprint density at radius 3 is 0.724 bits per heavy atom. The third-order valence-electron chi connectivity index (χ3n) is 4.17. The van der Waals surface area contributed by atoms with Crippen LogP contribution >= 0.6 is 0 Å². The zero-order valence-electron chi connectivity index (χ0n) is 17.4. The molecule has 4 aromatic carbocycles. The molecule has 1 nitrogen and oxygen atoms in total. The fraction of sp³-hybridized carbons (Fsp3) is 0.143. The minimum atomic E-state index is 0.844. The van der Waals surface area contributed by atoms with E-state index in [1.807, 2.05) is 38.1 Å². The van der Waals surface area contributed by atoms with Gasteiger partial charge in [0.05, 0.1) is 0 Å². The molecule has 0 aromatic heterocycles. The van der Waals surface area contributed by atoms with E-state index in [1.54, 1.807) is 0 Å². The van der Waals surface area contributed by atoms with E-state index in [-0.39, 0.29) is 0 Å². The van der Waals surface area contributed by atoms with Gasteiger partial charge < -0.3 is 4.74 Å². The molecule has 0 amide bonds.